The quantitative estimate of drug-likeness (QED) is 0.852. The van der Waals surface area contributed by atoms with Crippen molar-refractivity contribution in [3.8, 4) is 0 Å². The van der Waals surface area contributed by atoms with Gasteiger partial charge in [-0.25, -0.2) is 0 Å². The van der Waals surface area contributed by atoms with Gasteiger partial charge in [-0.3, -0.25) is 0 Å². The summed E-state index contributed by atoms with van der Waals surface area (Å²) < 4.78 is 0. The second kappa shape index (κ2) is 5.28. The van der Waals surface area contributed by atoms with E-state index in [1.54, 1.807) is 0 Å². The van der Waals surface area contributed by atoms with Gasteiger partial charge >= 0.3 is 0 Å². The summed E-state index contributed by atoms with van der Waals surface area (Å²) in [6, 6.07) is 15.0. The predicted octanol–water partition coefficient (Wildman–Crippen LogP) is 4.50. The number of benzene rings is 2. The van der Waals surface area contributed by atoms with Crippen molar-refractivity contribution in [3.05, 3.63) is 53.6 Å². The molecule has 0 amide bonds. The van der Waals surface area contributed by atoms with Gasteiger partial charge < -0.3 is 5.32 Å². The number of para-hydroxylation sites is 1. The van der Waals surface area contributed by atoms with Gasteiger partial charge in [0, 0.05) is 22.5 Å². The highest BCUT2D eigenvalue weighted by atomic mass is 32.2. The number of nitrogens with one attached hydrogen (secondary N) is 1. The smallest absolute Gasteiger partial charge is 0.0479 e. The van der Waals surface area contributed by atoms with E-state index in [1.807, 2.05) is 18.8 Å². The number of hydrogen-bond donors (Lipinski definition) is 1. The molecule has 2 heteroatoms. The molecule has 1 N–H and O–H groups in total. The second-order valence-corrected chi connectivity index (χ2v) is 5.20. The molecular formula is C15H17NS. The van der Waals surface area contributed by atoms with Gasteiger partial charge in [0.25, 0.3) is 0 Å². The molecule has 2 rings (SSSR count). The Balaban J connectivity index is 2.31. The molecule has 0 atom stereocenters. The lowest BCUT2D eigenvalue weighted by Gasteiger charge is -2.10. The largest absolute Gasteiger partial charge is 0.387 e. The molecule has 0 aliphatic rings. The molecular weight excluding hydrogens is 226 g/mol. The van der Waals surface area contributed by atoms with Crippen molar-refractivity contribution in [2.45, 2.75) is 23.6 Å². The van der Waals surface area contributed by atoms with Crippen LogP contribution in [0.2, 0.25) is 0 Å². The van der Waals surface area contributed by atoms with Crippen molar-refractivity contribution in [3.63, 3.8) is 0 Å². The summed E-state index contributed by atoms with van der Waals surface area (Å²) in [4.78, 5) is 2.58. The average Bonchev–Trinajstić information content (AvgIpc) is 2.33. The minimum Gasteiger partial charge on any atom is -0.387 e. The Bertz CT molecular complexity index is 520. The molecule has 0 saturated carbocycles. The van der Waals surface area contributed by atoms with Gasteiger partial charge in [-0.2, -0.15) is 0 Å². The van der Waals surface area contributed by atoms with Crippen LogP contribution in [0.25, 0.3) is 0 Å². The van der Waals surface area contributed by atoms with Crippen LogP contribution in [0.4, 0.5) is 5.69 Å². The maximum Gasteiger partial charge on any atom is 0.0479 e. The molecule has 0 aliphatic carbocycles. The Morgan fingerprint density at radius 3 is 2.41 bits per heavy atom. The van der Waals surface area contributed by atoms with Crippen molar-refractivity contribution < 1.29 is 0 Å². The Labute approximate surface area is 107 Å². The Morgan fingerprint density at radius 1 is 0.941 bits per heavy atom. The molecule has 0 spiro atoms. The molecule has 0 radical (unpaired) electrons. The maximum atomic E-state index is 3.23. The molecule has 2 aromatic rings. The molecule has 0 aliphatic heterocycles. The van der Waals surface area contributed by atoms with Crippen LogP contribution in [0, 0.1) is 13.8 Å². The number of aryl methyl sites for hydroxylation is 2. The molecule has 0 bridgehead atoms. The fourth-order valence-electron chi connectivity index (χ4n) is 1.79. The van der Waals surface area contributed by atoms with Gasteiger partial charge in [0.15, 0.2) is 0 Å². The standard InChI is InChI=1S/C15H17NS/c1-11-8-9-14(12(2)10-11)17-15-7-5-4-6-13(15)16-3/h4-10,16H,1-3H3. The van der Waals surface area contributed by atoms with Gasteiger partial charge in [-0.05, 0) is 37.6 Å². The van der Waals surface area contributed by atoms with Crippen LogP contribution in [0.1, 0.15) is 11.1 Å². The first-order valence-corrected chi connectivity index (χ1v) is 6.54. The summed E-state index contributed by atoms with van der Waals surface area (Å²) >= 11 is 1.81. The van der Waals surface area contributed by atoms with Crippen LogP contribution < -0.4 is 5.32 Å². The minimum absolute atomic E-state index is 1.18. The maximum absolute atomic E-state index is 3.23. The van der Waals surface area contributed by atoms with Gasteiger partial charge in [0.2, 0.25) is 0 Å². The first-order chi connectivity index (χ1) is 8.20. The van der Waals surface area contributed by atoms with Crippen molar-refractivity contribution in [1.29, 1.82) is 0 Å². The van der Waals surface area contributed by atoms with Crippen molar-refractivity contribution in [2.75, 3.05) is 12.4 Å². The van der Waals surface area contributed by atoms with E-state index in [0.29, 0.717) is 0 Å². The highest BCUT2D eigenvalue weighted by Crippen LogP contribution is 2.35. The fraction of sp³-hybridized carbons (Fsp3) is 0.200. The van der Waals surface area contributed by atoms with E-state index in [9.17, 15) is 0 Å². The zero-order valence-electron chi connectivity index (χ0n) is 10.4. The van der Waals surface area contributed by atoms with Gasteiger partial charge in [-0.15, -0.1) is 0 Å². The zero-order chi connectivity index (χ0) is 12.3. The molecule has 17 heavy (non-hydrogen) atoms. The number of anilines is 1. The van der Waals surface area contributed by atoms with Gasteiger partial charge in [0.05, 0.1) is 0 Å². The van der Waals surface area contributed by atoms with Crippen LogP contribution in [-0.4, -0.2) is 7.05 Å². The molecule has 0 heterocycles. The van der Waals surface area contributed by atoms with E-state index < -0.39 is 0 Å². The summed E-state index contributed by atoms with van der Waals surface area (Å²) in [5.41, 5.74) is 3.83. The third-order valence-electron chi connectivity index (χ3n) is 2.71. The third-order valence-corrected chi connectivity index (χ3v) is 3.96. The van der Waals surface area contributed by atoms with Crippen LogP contribution in [0.15, 0.2) is 52.3 Å². The van der Waals surface area contributed by atoms with E-state index in [2.05, 4.69) is 61.6 Å². The van der Waals surface area contributed by atoms with E-state index in [1.165, 1.54) is 26.6 Å². The molecule has 0 aromatic heterocycles. The third kappa shape index (κ3) is 2.83. The normalized spacial score (nSPS) is 10.3. The monoisotopic (exact) mass is 243 g/mol. The van der Waals surface area contributed by atoms with Gasteiger partial charge in [-0.1, -0.05) is 41.6 Å². The Hall–Kier alpha value is -1.41. The average molecular weight is 243 g/mol. The van der Waals surface area contributed by atoms with Crippen LogP contribution in [0.5, 0.6) is 0 Å². The van der Waals surface area contributed by atoms with Crippen molar-refractivity contribution in [1.82, 2.24) is 0 Å². The van der Waals surface area contributed by atoms with Crippen molar-refractivity contribution in [2.24, 2.45) is 0 Å². The van der Waals surface area contributed by atoms with Crippen LogP contribution >= 0.6 is 11.8 Å². The highest BCUT2D eigenvalue weighted by molar-refractivity contribution is 7.99. The molecule has 2 aromatic carbocycles. The topological polar surface area (TPSA) is 12.0 Å². The fourth-order valence-corrected chi connectivity index (χ4v) is 2.81. The summed E-state index contributed by atoms with van der Waals surface area (Å²) in [5, 5.41) is 3.23. The molecule has 88 valence electrons. The first-order valence-electron chi connectivity index (χ1n) is 5.72. The molecule has 1 nitrogen and oxygen atoms in total. The second-order valence-electron chi connectivity index (χ2n) is 4.12. The highest BCUT2D eigenvalue weighted by Gasteiger charge is 2.04. The Kier molecular flexibility index (Phi) is 3.75. The van der Waals surface area contributed by atoms with E-state index in [-0.39, 0.29) is 0 Å². The summed E-state index contributed by atoms with van der Waals surface area (Å²) in [7, 11) is 1.96. The number of rotatable bonds is 3. The first kappa shape index (κ1) is 12.1. The lowest BCUT2D eigenvalue weighted by atomic mass is 10.2. The lowest BCUT2D eigenvalue weighted by Crippen LogP contribution is -1.90. The SMILES string of the molecule is CNc1ccccc1Sc1ccc(C)cc1C. The van der Waals surface area contributed by atoms with Crippen LogP contribution in [-0.2, 0) is 0 Å². The molecule has 0 fully saturated rings. The molecule has 0 saturated heterocycles. The van der Waals surface area contributed by atoms with Crippen LogP contribution in [0.3, 0.4) is 0 Å². The molecule has 0 unspecified atom stereocenters. The summed E-state index contributed by atoms with van der Waals surface area (Å²) in [6.45, 7) is 4.29. The lowest BCUT2D eigenvalue weighted by molar-refractivity contribution is 1.25. The number of hydrogen-bond acceptors (Lipinski definition) is 2. The predicted molar refractivity (Wildman–Crippen MR) is 76.0 cm³/mol. The zero-order valence-corrected chi connectivity index (χ0v) is 11.3. The van der Waals surface area contributed by atoms with Crippen molar-refractivity contribution >= 4 is 17.4 Å². The summed E-state index contributed by atoms with van der Waals surface area (Å²) in [6.07, 6.45) is 0. The minimum atomic E-state index is 1.18. The summed E-state index contributed by atoms with van der Waals surface area (Å²) in [5.74, 6) is 0. The Morgan fingerprint density at radius 2 is 1.71 bits per heavy atom. The van der Waals surface area contributed by atoms with Gasteiger partial charge in [0.1, 0.15) is 0 Å². The van der Waals surface area contributed by atoms with E-state index >= 15 is 0 Å². The van der Waals surface area contributed by atoms with E-state index in [0.717, 1.165) is 0 Å². The van der Waals surface area contributed by atoms with E-state index in [4.69, 9.17) is 0 Å².